The molecule has 0 aromatic carbocycles. The van der Waals surface area contributed by atoms with Crippen LogP contribution in [0.25, 0.3) is 0 Å². The lowest BCUT2D eigenvalue weighted by atomic mass is 10.0. The summed E-state index contributed by atoms with van der Waals surface area (Å²) in [6.45, 7) is 3.45. The lowest BCUT2D eigenvalue weighted by molar-refractivity contribution is 0.459. The van der Waals surface area contributed by atoms with Crippen molar-refractivity contribution in [3.05, 3.63) is 16.1 Å². The second-order valence-electron chi connectivity index (χ2n) is 4.80. The average molecular weight is 237 g/mol. The number of aromatic nitrogens is 1. The fraction of sp³-hybridized carbons (Fsp3) is 0.750. The van der Waals surface area contributed by atoms with E-state index in [2.05, 4.69) is 16.0 Å². The number of thiazole rings is 1. The first-order valence-electron chi connectivity index (χ1n) is 6.33. The van der Waals surface area contributed by atoms with Crippen LogP contribution in [0.5, 0.6) is 0 Å². The molecule has 2 aliphatic heterocycles. The molecule has 0 spiro atoms. The third-order valence-electron chi connectivity index (χ3n) is 3.60. The predicted octanol–water partition coefficient (Wildman–Crippen LogP) is 2.03. The Morgan fingerprint density at radius 1 is 1.25 bits per heavy atom. The Morgan fingerprint density at radius 3 is 2.94 bits per heavy atom. The first-order chi connectivity index (χ1) is 7.93. The SMILES string of the molecule is c1sc(C2CCCNC2)nc1C1CCCN1. The van der Waals surface area contributed by atoms with Gasteiger partial charge in [-0.05, 0) is 38.8 Å². The van der Waals surface area contributed by atoms with Gasteiger partial charge in [0.1, 0.15) is 0 Å². The molecule has 2 N–H and O–H groups in total. The molecule has 0 saturated carbocycles. The lowest BCUT2D eigenvalue weighted by Crippen LogP contribution is -2.28. The number of piperidine rings is 1. The largest absolute Gasteiger partial charge is 0.316 e. The number of hydrogen-bond acceptors (Lipinski definition) is 4. The van der Waals surface area contributed by atoms with Crippen LogP contribution in [0, 0.1) is 0 Å². The zero-order valence-corrected chi connectivity index (χ0v) is 10.4. The van der Waals surface area contributed by atoms with Crippen LogP contribution in [0.2, 0.25) is 0 Å². The standard InChI is InChI=1S/C12H19N3S/c1-3-9(7-13-5-1)12-15-11(8-16-12)10-4-2-6-14-10/h8-10,13-14H,1-7H2. The van der Waals surface area contributed by atoms with Crippen molar-refractivity contribution in [3.8, 4) is 0 Å². The fourth-order valence-corrected chi connectivity index (χ4v) is 3.66. The molecule has 2 saturated heterocycles. The summed E-state index contributed by atoms with van der Waals surface area (Å²) in [5.74, 6) is 0.661. The summed E-state index contributed by atoms with van der Waals surface area (Å²) < 4.78 is 0. The fourth-order valence-electron chi connectivity index (χ4n) is 2.65. The molecule has 2 aliphatic rings. The van der Waals surface area contributed by atoms with Gasteiger partial charge >= 0.3 is 0 Å². The average Bonchev–Trinajstić information content (AvgIpc) is 3.01. The minimum absolute atomic E-state index is 0.529. The second kappa shape index (κ2) is 4.82. The summed E-state index contributed by atoms with van der Waals surface area (Å²) >= 11 is 1.85. The monoisotopic (exact) mass is 237 g/mol. The maximum Gasteiger partial charge on any atom is 0.0972 e. The van der Waals surface area contributed by atoms with Gasteiger partial charge in [0.15, 0.2) is 0 Å². The number of nitrogens with one attached hydrogen (secondary N) is 2. The van der Waals surface area contributed by atoms with Crippen LogP contribution < -0.4 is 10.6 Å². The number of nitrogens with zero attached hydrogens (tertiary/aromatic N) is 1. The maximum atomic E-state index is 4.83. The Balaban J connectivity index is 1.71. The molecule has 4 heteroatoms. The van der Waals surface area contributed by atoms with Crippen molar-refractivity contribution in [1.82, 2.24) is 15.6 Å². The van der Waals surface area contributed by atoms with Gasteiger partial charge in [-0.3, -0.25) is 0 Å². The van der Waals surface area contributed by atoms with E-state index < -0.39 is 0 Å². The van der Waals surface area contributed by atoms with Gasteiger partial charge in [-0.25, -0.2) is 4.98 Å². The Labute approximate surface area is 101 Å². The molecule has 1 aromatic rings. The molecule has 3 nitrogen and oxygen atoms in total. The van der Waals surface area contributed by atoms with Crippen LogP contribution in [0.4, 0.5) is 0 Å². The molecule has 2 atom stereocenters. The van der Waals surface area contributed by atoms with Crippen LogP contribution in [0.15, 0.2) is 5.38 Å². The predicted molar refractivity (Wildman–Crippen MR) is 66.9 cm³/mol. The van der Waals surface area contributed by atoms with Gasteiger partial charge in [0.05, 0.1) is 16.7 Å². The highest BCUT2D eigenvalue weighted by Crippen LogP contribution is 2.30. The molecule has 1 aromatic heterocycles. The van der Waals surface area contributed by atoms with Crippen molar-refractivity contribution in [2.24, 2.45) is 0 Å². The van der Waals surface area contributed by atoms with Crippen LogP contribution in [0.3, 0.4) is 0 Å². The third kappa shape index (κ3) is 2.14. The highest BCUT2D eigenvalue weighted by Gasteiger charge is 2.22. The second-order valence-corrected chi connectivity index (χ2v) is 5.69. The lowest BCUT2D eigenvalue weighted by Gasteiger charge is -2.20. The van der Waals surface area contributed by atoms with Gasteiger partial charge < -0.3 is 10.6 Å². The summed E-state index contributed by atoms with van der Waals surface area (Å²) in [4.78, 5) is 4.83. The summed E-state index contributed by atoms with van der Waals surface area (Å²) in [6.07, 6.45) is 5.15. The van der Waals surface area contributed by atoms with Gasteiger partial charge in [-0.1, -0.05) is 0 Å². The molecule has 0 aliphatic carbocycles. The summed E-state index contributed by atoms with van der Waals surface area (Å²) in [5.41, 5.74) is 1.28. The quantitative estimate of drug-likeness (QED) is 0.826. The van der Waals surface area contributed by atoms with Crippen LogP contribution in [0.1, 0.15) is 48.3 Å². The van der Waals surface area contributed by atoms with Crippen LogP contribution in [-0.2, 0) is 0 Å². The molecule has 2 unspecified atom stereocenters. The van der Waals surface area contributed by atoms with E-state index in [0.29, 0.717) is 12.0 Å². The van der Waals surface area contributed by atoms with Gasteiger partial charge in [-0.2, -0.15) is 0 Å². The summed E-state index contributed by atoms with van der Waals surface area (Å²) in [7, 11) is 0. The van der Waals surface area contributed by atoms with E-state index >= 15 is 0 Å². The van der Waals surface area contributed by atoms with Crippen molar-refractivity contribution in [2.45, 2.75) is 37.6 Å². The van der Waals surface area contributed by atoms with Crippen molar-refractivity contribution in [1.29, 1.82) is 0 Å². The molecule has 88 valence electrons. The zero-order chi connectivity index (χ0) is 10.8. The highest BCUT2D eigenvalue weighted by atomic mass is 32.1. The van der Waals surface area contributed by atoms with Gasteiger partial charge in [0.2, 0.25) is 0 Å². The first kappa shape index (κ1) is 10.7. The number of hydrogen-bond donors (Lipinski definition) is 2. The topological polar surface area (TPSA) is 37.0 Å². The van der Waals surface area contributed by atoms with Crippen molar-refractivity contribution in [3.63, 3.8) is 0 Å². The Kier molecular flexibility index (Phi) is 3.22. The van der Waals surface area contributed by atoms with Crippen molar-refractivity contribution in [2.75, 3.05) is 19.6 Å². The normalized spacial score (nSPS) is 30.8. The summed E-state index contributed by atoms with van der Waals surface area (Å²) in [6, 6.07) is 0.529. The Morgan fingerprint density at radius 2 is 2.19 bits per heavy atom. The molecule has 0 amide bonds. The van der Waals surface area contributed by atoms with Crippen LogP contribution in [-0.4, -0.2) is 24.6 Å². The minimum atomic E-state index is 0.529. The molecule has 0 bridgehead atoms. The summed E-state index contributed by atoms with van der Waals surface area (Å²) in [5, 5.41) is 10.6. The third-order valence-corrected chi connectivity index (χ3v) is 4.63. The van der Waals surface area contributed by atoms with E-state index in [1.807, 2.05) is 11.3 Å². The molecule has 0 radical (unpaired) electrons. The Hall–Kier alpha value is -0.450. The van der Waals surface area contributed by atoms with E-state index in [4.69, 9.17) is 4.98 Å². The minimum Gasteiger partial charge on any atom is -0.316 e. The van der Waals surface area contributed by atoms with Crippen molar-refractivity contribution >= 4 is 11.3 Å². The molecule has 16 heavy (non-hydrogen) atoms. The molecule has 3 rings (SSSR count). The van der Waals surface area contributed by atoms with Gasteiger partial charge in [0, 0.05) is 17.8 Å². The van der Waals surface area contributed by atoms with Gasteiger partial charge in [-0.15, -0.1) is 11.3 Å². The molecular weight excluding hydrogens is 218 g/mol. The smallest absolute Gasteiger partial charge is 0.0972 e. The first-order valence-corrected chi connectivity index (χ1v) is 7.21. The zero-order valence-electron chi connectivity index (χ0n) is 9.54. The Bertz CT molecular complexity index is 338. The van der Waals surface area contributed by atoms with E-state index in [0.717, 1.165) is 13.1 Å². The highest BCUT2D eigenvalue weighted by molar-refractivity contribution is 7.09. The van der Waals surface area contributed by atoms with E-state index in [9.17, 15) is 0 Å². The molecular formula is C12H19N3S. The molecule has 3 heterocycles. The van der Waals surface area contributed by atoms with Crippen LogP contribution >= 0.6 is 11.3 Å². The molecule has 2 fully saturated rings. The number of rotatable bonds is 2. The van der Waals surface area contributed by atoms with E-state index in [1.165, 1.54) is 42.9 Å². The van der Waals surface area contributed by atoms with Gasteiger partial charge in [0.25, 0.3) is 0 Å². The van der Waals surface area contributed by atoms with Crippen molar-refractivity contribution < 1.29 is 0 Å². The van der Waals surface area contributed by atoms with E-state index in [-0.39, 0.29) is 0 Å². The van der Waals surface area contributed by atoms with E-state index in [1.54, 1.807) is 0 Å². The maximum absolute atomic E-state index is 4.83.